The Morgan fingerprint density at radius 2 is 1.80 bits per heavy atom. The number of carbonyl (C=O) groups is 1. The predicted octanol–water partition coefficient (Wildman–Crippen LogP) is 2.05. The summed E-state index contributed by atoms with van der Waals surface area (Å²) in [4.78, 5) is 12.5. The summed E-state index contributed by atoms with van der Waals surface area (Å²) < 4.78 is 0. The first-order valence-electron chi connectivity index (χ1n) is 7.76. The molecule has 1 aliphatic carbocycles. The van der Waals surface area contributed by atoms with Crippen LogP contribution in [0.3, 0.4) is 0 Å². The molecule has 0 radical (unpaired) electrons. The van der Waals surface area contributed by atoms with Gasteiger partial charge in [0.15, 0.2) is 0 Å². The molecular weight excluding hydrogens is 248 g/mol. The first-order chi connectivity index (χ1) is 9.63. The fourth-order valence-corrected chi connectivity index (χ4v) is 3.57. The Labute approximate surface area is 121 Å². The van der Waals surface area contributed by atoms with E-state index in [1.807, 2.05) is 0 Å². The van der Waals surface area contributed by atoms with Crippen LogP contribution in [0.25, 0.3) is 0 Å². The maximum atomic E-state index is 12.5. The number of nitrogens with one attached hydrogen (secondary N) is 2. The van der Waals surface area contributed by atoms with Crippen LogP contribution in [0, 0.1) is 5.92 Å². The van der Waals surface area contributed by atoms with E-state index in [1.54, 1.807) is 0 Å². The number of piperidine rings is 1. The minimum absolute atomic E-state index is 0.124. The van der Waals surface area contributed by atoms with Crippen molar-refractivity contribution in [3.8, 4) is 0 Å². The molecule has 3 heteroatoms. The predicted molar refractivity (Wildman–Crippen MR) is 80.6 cm³/mol. The summed E-state index contributed by atoms with van der Waals surface area (Å²) in [5.41, 5.74) is 2.69. The van der Waals surface area contributed by atoms with Gasteiger partial charge in [-0.25, -0.2) is 0 Å². The highest BCUT2D eigenvalue weighted by Gasteiger charge is 2.31. The van der Waals surface area contributed by atoms with Gasteiger partial charge in [0.25, 0.3) is 0 Å². The molecule has 3 unspecified atom stereocenters. The third-order valence-corrected chi connectivity index (χ3v) is 4.81. The Balaban J connectivity index is 1.59. The molecule has 1 aromatic rings. The van der Waals surface area contributed by atoms with Crippen molar-refractivity contribution in [2.24, 2.45) is 5.92 Å². The third kappa shape index (κ3) is 2.73. The van der Waals surface area contributed by atoms with Crippen LogP contribution < -0.4 is 10.6 Å². The number of benzene rings is 1. The molecule has 0 spiro atoms. The summed E-state index contributed by atoms with van der Waals surface area (Å²) in [6.45, 7) is 4.38. The van der Waals surface area contributed by atoms with E-state index >= 15 is 0 Å². The SMILES string of the molecule is CC1CCC(NC(=O)C2Cc3ccccc3C2)C(C)N1. The molecule has 1 fully saturated rings. The summed E-state index contributed by atoms with van der Waals surface area (Å²) in [5.74, 6) is 0.355. The van der Waals surface area contributed by atoms with Gasteiger partial charge < -0.3 is 10.6 Å². The maximum absolute atomic E-state index is 12.5. The normalized spacial score (nSPS) is 30.0. The van der Waals surface area contributed by atoms with E-state index in [0.29, 0.717) is 12.1 Å². The Kier molecular flexibility index (Phi) is 3.79. The molecule has 2 aliphatic rings. The molecule has 1 aliphatic heterocycles. The standard InChI is InChI=1S/C17H24N2O/c1-11-7-8-16(12(2)18-11)19-17(20)15-9-13-5-3-4-6-14(13)10-15/h3-6,11-12,15-16,18H,7-10H2,1-2H3,(H,19,20). The summed E-state index contributed by atoms with van der Waals surface area (Å²) in [6.07, 6.45) is 4.01. The van der Waals surface area contributed by atoms with E-state index < -0.39 is 0 Å². The summed E-state index contributed by atoms with van der Waals surface area (Å²) in [7, 11) is 0. The van der Waals surface area contributed by atoms with Gasteiger partial charge in [0, 0.05) is 24.0 Å². The number of rotatable bonds is 2. The van der Waals surface area contributed by atoms with E-state index in [1.165, 1.54) is 11.1 Å². The van der Waals surface area contributed by atoms with Crippen molar-refractivity contribution >= 4 is 5.91 Å². The molecule has 20 heavy (non-hydrogen) atoms. The number of amides is 1. The monoisotopic (exact) mass is 272 g/mol. The number of hydrogen-bond acceptors (Lipinski definition) is 2. The molecule has 1 saturated heterocycles. The van der Waals surface area contributed by atoms with Crippen molar-refractivity contribution in [1.29, 1.82) is 0 Å². The van der Waals surface area contributed by atoms with Crippen molar-refractivity contribution in [3.05, 3.63) is 35.4 Å². The molecule has 1 amide bonds. The largest absolute Gasteiger partial charge is 0.352 e. The lowest BCUT2D eigenvalue weighted by molar-refractivity contribution is -0.125. The highest BCUT2D eigenvalue weighted by molar-refractivity contribution is 5.80. The van der Waals surface area contributed by atoms with Crippen molar-refractivity contribution in [2.75, 3.05) is 0 Å². The molecule has 0 saturated carbocycles. The number of hydrogen-bond donors (Lipinski definition) is 2. The van der Waals surface area contributed by atoms with Crippen LogP contribution in [0.4, 0.5) is 0 Å². The zero-order valence-corrected chi connectivity index (χ0v) is 12.4. The molecule has 1 aromatic carbocycles. The minimum atomic E-state index is 0.124. The van der Waals surface area contributed by atoms with Gasteiger partial charge in [-0.05, 0) is 50.7 Å². The van der Waals surface area contributed by atoms with E-state index in [4.69, 9.17) is 0 Å². The Bertz CT molecular complexity index is 475. The lowest BCUT2D eigenvalue weighted by atomic mass is 9.94. The number of carbonyl (C=O) groups excluding carboxylic acids is 1. The average molecular weight is 272 g/mol. The molecule has 3 nitrogen and oxygen atoms in total. The molecule has 3 rings (SSSR count). The Morgan fingerprint density at radius 1 is 1.15 bits per heavy atom. The van der Waals surface area contributed by atoms with Crippen molar-refractivity contribution in [3.63, 3.8) is 0 Å². The summed E-state index contributed by atoms with van der Waals surface area (Å²) in [6, 6.07) is 9.63. The first kappa shape index (κ1) is 13.6. The van der Waals surface area contributed by atoms with Gasteiger partial charge in [-0.15, -0.1) is 0 Å². The maximum Gasteiger partial charge on any atom is 0.224 e. The van der Waals surface area contributed by atoms with Gasteiger partial charge in [-0.1, -0.05) is 24.3 Å². The number of fused-ring (bicyclic) bond motifs is 1. The highest BCUT2D eigenvalue weighted by atomic mass is 16.2. The van der Waals surface area contributed by atoms with Gasteiger partial charge in [0.1, 0.15) is 0 Å². The smallest absolute Gasteiger partial charge is 0.224 e. The highest BCUT2D eigenvalue weighted by Crippen LogP contribution is 2.27. The van der Waals surface area contributed by atoms with E-state index in [2.05, 4.69) is 48.7 Å². The third-order valence-electron chi connectivity index (χ3n) is 4.81. The second-order valence-electron chi connectivity index (χ2n) is 6.42. The van der Waals surface area contributed by atoms with Crippen molar-refractivity contribution < 1.29 is 4.79 Å². The fourth-order valence-electron chi connectivity index (χ4n) is 3.57. The zero-order valence-electron chi connectivity index (χ0n) is 12.4. The van der Waals surface area contributed by atoms with Crippen LogP contribution in [-0.4, -0.2) is 24.0 Å². The fraction of sp³-hybridized carbons (Fsp3) is 0.588. The zero-order chi connectivity index (χ0) is 14.1. The van der Waals surface area contributed by atoms with Gasteiger partial charge in [-0.3, -0.25) is 4.79 Å². The Morgan fingerprint density at radius 3 is 2.40 bits per heavy atom. The van der Waals surface area contributed by atoms with Crippen LogP contribution in [0.1, 0.15) is 37.8 Å². The van der Waals surface area contributed by atoms with Gasteiger partial charge in [0.05, 0.1) is 0 Å². The molecule has 1 heterocycles. The molecule has 0 aromatic heterocycles. The van der Waals surface area contributed by atoms with Crippen LogP contribution in [0.5, 0.6) is 0 Å². The second kappa shape index (κ2) is 5.57. The quantitative estimate of drug-likeness (QED) is 0.865. The van der Waals surface area contributed by atoms with Crippen LogP contribution in [-0.2, 0) is 17.6 Å². The van der Waals surface area contributed by atoms with Gasteiger partial charge >= 0.3 is 0 Å². The van der Waals surface area contributed by atoms with E-state index in [0.717, 1.165) is 25.7 Å². The topological polar surface area (TPSA) is 41.1 Å². The summed E-state index contributed by atoms with van der Waals surface area (Å²) in [5, 5.41) is 6.79. The lowest BCUT2D eigenvalue weighted by Gasteiger charge is -2.35. The minimum Gasteiger partial charge on any atom is -0.352 e. The molecule has 0 bridgehead atoms. The van der Waals surface area contributed by atoms with Crippen molar-refractivity contribution in [1.82, 2.24) is 10.6 Å². The second-order valence-corrected chi connectivity index (χ2v) is 6.42. The van der Waals surface area contributed by atoms with Gasteiger partial charge in [-0.2, -0.15) is 0 Å². The molecular formula is C17H24N2O. The van der Waals surface area contributed by atoms with Crippen molar-refractivity contribution in [2.45, 2.75) is 57.7 Å². The molecule has 2 N–H and O–H groups in total. The molecule has 3 atom stereocenters. The average Bonchev–Trinajstić information content (AvgIpc) is 2.86. The van der Waals surface area contributed by atoms with Gasteiger partial charge in [0.2, 0.25) is 5.91 Å². The van der Waals surface area contributed by atoms with Crippen LogP contribution in [0.2, 0.25) is 0 Å². The summed E-state index contributed by atoms with van der Waals surface area (Å²) >= 11 is 0. The van der Waals surface area contributed by atoms with Crippen LogP contribution in [0.15, 0.2) is 24.3 Å². The lowest BCUT2D eigenvalue weighted by Crippen LogP contribution is -2.55. The molecule has 108 valence electrons. The van der Waals surface area contributed by atoms with E-state index in [9.17, 15) is 4.79 Å². The first-order valence-corrected chi connectivity index (χ1v) is 7.76. The van der Waals surface area contributed by atoms with Crippen LogP contribution >= 0.6 is 0 Å². The van der Waals surface area contributed by atoms with E-state index in [-0.39, 0.29) is 17.9 Å². The Hall–Kier alpha value is -1.35.